The van der Waals surface area contributed by atoms with Crippen LogP contribution in [-0.2, 0) is 16.6 Å². The van der Waals surface area contributed by atoms with Crippen molar-refractivity contribution in [3.8, 4) is 6.07 Å². The average Bonchev–Trinajstić information content (AvgIpc) is 2.82. The number of sulfonamides is 1. The molecule has 0 bridgehead atoms. The molecule has 19 heavy (non-hydrogen) atoms. The number of aryl methyl sites for hydroxylation is 1. The number of benzene rings is 1. The van der Waals surface area contributed by atoms with E-state index in [1.807, 2.05) is 6.07 Å². The zero-order valence-electron chi connectivity index (χ0n) is 10.1. The minimum Gasteiger partial charge on any atom is -0.447 e. The Kier molecular flexibility index (Phi) is 3.64. The highest BCUT2D eigenvalue weighted by atomic mass is 32.2. The highest BCUT2D eigenvalue weighted by molar-refractivity contribution is 7.89. The van der Waals surface area contributed by atoms with Crippen LogP contribution in [0.1, 0.15) is 17.0 Å². The quantitative estimate of drug-likeness (QED) is 0.909. The van der Waals surface area contributed by atoms with E-state index in [-0.39, 0.29) is 17.0 Å². The van der Waals surface area contributed by atoms with E-state index in [1.54, 1.807) is 19.1 Å². The first-order chi connectivity index (χ1) is 9.04. The molecular weight excluding hydrogens is 266 g/mol. The van der Waals surface area contributed by atoms with E-state index in [1.165, 1.54) is 18.5 Å². The van der Waals surface area contributed by atoms with Crippen LogP contribution in [0.5, 0.6) is 0 Å². The lowest BCUT2D eigenvalue weighted by Crippen LogP contribution is -2.24. The summed E-state index contributed by atoms with van der Waals surface area (Å²) in [5.74, 6) is 0.443. The first-order valence-electron chi connectivity index (χ1n) is 5.42. The lowest BCUT2D eigenvalue weighted by molar-refractivity contribution is 0.492. The van der Waals surface area contributed by atoms with Gasteiger partial charge in [-0.2, -0.15) is 5.26 Å². The molecule has 7 heteroatoms. The fraction of sp³-hybridized carbons (Fsp3) is 0.167. The van der Waals surface area contributed by atoms with Gasteiger partial charge in [-0.05, 0) is 19.1 Å². The number of oxazole rings is 1. The summed E-state index contributed by atoms with van der Waals surface area (Å²) >= 11 is 0. The van der Waals surface area contributed by atoms with Crippen LogP contribution >= 0.6 is 0 Å². The number of rotatable bonds is 4. The van der Waals surface area contributed by atoms with E-state index >= 15 is 0 Å². The Bertz CT molecular complexity index is 729. The molecule has 0 amide bonds. The van der Waals surface area contributed by atoms with E-state index in [2.05, 4.69) is 9.71 Å². The van der Waals surface area contributed by atoms with Gasteiger partial charge in [-0.1, -0.05) is 12.1 Å². The van der Waals surface area contributed by atoms with E-state index in [9.17, 15) is 8.42 Å². The summed E-state index contributed by atoms with van der Waals surface area (Å²) in [7, 11) is -3.76. The van der Waals surface area contributed by atoms with Crippen molar-refractivity contribution in [1.29, 1.82) is 5.26 Å². The normalized spacial score (nSPS) is 11.2. The molecule has 0 saturated carbocycles. The second-order valence-corrected chi connectivity index (χ2v) is 5.53. The second kappa shape index (κ2) is 5.22. The molecular formula is C12H11N3O3S. The molecule has 1 aromatic heterocycles. The van der Waals surface area contributed by atoms with Crippen molar-refractivity contribution in [2.24, 2.45) is 0 Å². The molecule has 2 rings (SSSR count). The molecule has 0 fully saturated rings. The van der Waals surface area contributed by atoms with Crippen LogP contribution in [0.25, 0.3) is 0 Å². The molecule has 0 aliphatic heterocycles. The third kappa shape index (κ3) is 2.81. The van der Waals surface area contributed by atoms with Gasteiger partial charge in [0.25, 0.3) is 0 Å². The van der Waals surface area contributed by atoms with Crippen LogP contribution in [0.3, 0.4) is 0 Å². The van der Waals surface area contributed by atoms with Gasteiger partial charge in [-0.3, -0.25) is 0 Å². The Morgan fingerprint density at radius 2 is 2.16 bits per heavy atom. The van der Waals surface area contributed by atoms with Gasteiger partial charge in [-0.25, -0.2) is 18.1 Å². The maximum Gasteiger partial charge on any atom is 0.242 e. The number of nitrogens with one attached hydrogen (secondary N) is 1. The van der Waals surface area contributed by atoms with E-state index < -0.39 is 10.0 Å². The smallest absolute Gasteiger partial charge is 0.242 e. The third-order valence-electron chi connectivity index (χ3n) is 2.56. The predicted octanol–water partition coefficient (Wildman–Crippen LogP) is 1.33. The zero-order chi connectivity index (χ0) is 13.9. The standard InChI is InChI=1S/C12H11N3O3S/c1-9-11(18-8-14-9)7-15-19(16,17)12-5-3-2-4-10(12)6-13/h2-5,8,15H,7H2,1H3. The topological polar surface area (TPSA) is 96.0 Å². The van der Waals surface area contributed by atoms with Crippen molar-refractivity contribution in [3.05, 3.63) is 47.7 Å². The Balaban J connectivity index is 2.24. The maximum atomic E-state index is 12.1. The molecule has 6 nitrogen and oxygen atoms in total. The Morgan fingerprint density at radius 1 is 1.42 bits per heavy atom. The van der Waals surface area contributed by atoms with Gasteiger partial charge in [0.15, 0.2) is 6.39 Å². The first kappa shape index (κ1) is 13.3. The molecule has 1 aromatic carbocycles. The Morgan fingerprint density at radius 3 is 2.79 bits per heavy atom. The number of hydrogen-bond acceptors (Lipinski definition) is 5. The van der Waals surface area contributed by atoms with Crippen LogP contribution < -0.4 is 4.72 Å². The van der Waals surface area contributed by atoms with E-state index in [0.29, 0.717) is 11.5 Å². The number of aromatic nitrogens is 1. The van der Waals surface area contributed by atoms with E-state index in [4.69, 9.17) is 9.68 Å². The summed E-state index contributed by atoms with van der Waals surface area (Å²) in [4.78, 5) is 3.82. The molecule has 0 spiro atoms. The van der Waals surface area contributed by atoms with Crippen LogP contribution in [0, 0.1) is 18.3 Å². The van der Waals surface area contributed by atoms with Gasteiger partial charge in [0.05, 0.1) is 22.7 Å². The summed E-state index contributed by atoms with van der Waals surface area (Å²) in [6.45, 7) is 1.71. The molecule has 1 heterocycles. The van der Waals surface area contributed by atoms with Gasteiger partial charge in [-0.15, -0.1) is 0 Å². The largest absolute Gasteiger partial charge is 0.447 e. The zero-order valence-corrected chi connectivity index (χ0v) is 10.9. The SMILES string of the molecule is Cc1ncoc1CNS(=O)(=O)c1ccccc1C#N. The van der Waals surface area contributed by atoms with Crippen molar-refractivity contribution in [2.75, 3.05) is 0 Å². The van der Waals surface area contributed by atoms with Gasteiger partial charge in [0, 0.05) is 0 Å². The first-order valence-corrected chi connectivity index (χ1v) is 6.90. The fourth-order valence-corrected chi connectivity index (χ4v) is 2.67. The van der Waals surface area contributed by atoms with Crippen molar-refractivity contribution >= 4 is 10.0 Å². The highest BCUT2D eigenvalue weighted by Gasteiger charge is 2.18. The Labute approximate surface area is 110 Å². The second-order valence-electron chi connectivity index (χ2n) is 3.79. The van der Waals surface area contributed by atoms with Crippen molar-refractivity contribution < 1.29 is 12.8 Å². The molecule has 0 atom stereocenters. The van der Waals surface area contributed by atoms with Crippen LogP contribution in [-0.4, -0.2) is 13.4 Å². The summed E-state index contributed by atoms with van der Waals surface area (Å²) in [6, 6.07) is 7.86. The Hall–Kier alpha value is -2.17. The van der Waals surface area contributed by atoms with Gasteiger partial charge < -0.3 is 4.42 Å². The number of hydrogen-bond donors (Lipinski definition) is 1. The lowest BCUT2D eigenvalue weighted by Gasteiger charge is -2.06. The molecule has 0 aliphatic rings. The fourth-order valence-electron chi connectivity index (χ4n) is 1.53. The van der Waals surface area contributed by atoms with Crippen molar-refractivity contribution in [3.63, 3.8) is 0 Å². The minimum absolute atomic E-state index is 0.00602. The van der Waals surface area contributed by atoms with Crippen molar-refractivity contribution in [2.45, 2.75) is 18.4 Å². The summed E-state index contributed by atoms with van der Waals surface area (Å²) in [5.41, 5.74) is 0.723. The number of nitriles is 1. The molecule has 2 aromatic rings. The molecule has 0 radical (unpaired) electrons. The van der Waals surface area contributed by atoms with Crippen molar-refractivity contribution in [1.82, 2.24) is 9.71 Å². The molecule has 0 saturated heterocycles. The maximum absolute atomic E-state index is 12.1. The summed E-state index contributed by atoms with van der Waals surface area (Å²) < 4.78 is 31.6. The summed E-state index contributed by atoms with van der Waals surface area (Å²) in [6.07, 6.45) is 1.25. The van der Waals surface area contributed by atoms with Gasteiger partial charge in [0.1, 0.15) is 11.8 Å². The third-order valence-corrected chi connectivity index (χ3v) is 4.02. The van der Waals surface area contributed by atoms with E-state index in [0.717, 1.165) is 0 Å². The highest BCUT2D eigenvalue weighted by Crippen LogP contribution is 2.15. The van der Waals surface area contributed by atoms with Crippen LogP contribution in [0.2, 0.25) is 0 Å². The van der Waals surface area contributed by atoms with Crippen LogP contribution in [0.4, 0.5) is 0 Å². The number of nitrogens with zero attached hydrogens (tertiary/aromatic N) is 2. The molecule has 0 unspecified atom stereocenters. The molecule has 98 valence electrons. The summed E-state index contributed by atoms with van der Waals surface area (Å²) in [5, 5.41) is 8.91. The molecule has 1 N–H and O–H groups in total. The monoisotopic (exact) mass is 277 g/mol. The predicted molar refractivity (Wildman–Crippen MR) is 66.4 cm³/mol. The van der Waals surface area contributed by atoms with Crippen LogP contribution in [0.15, 0.2) is 40.0 Å². The minimum atomic E-state index is -3.76. The van der Waals surface area contributed by atoms with Gasteiger partial charge in [0.2, 0.25) is 10.0 Å². The molecule has 0 aliphatic carbocycles. The van der Waals surface area contributed by atoms with Gasteiger partial charge >= 0.3 is 0 Å². The lowest BCUT2D eigenvalue weighted by atomic mass is 10.2. The average molecular weight is 277 g/mol.